The third kappa shape index (κ3) is 12.7. The second kappa shape index (κ2) is 22.5. The van der Waals surface area contributed by atoms with E-state index in [1.54, 1.807) is 19.7 Å². The van der Waals surface area contributed by atoms with Crippen molar-refractivity contribution < 1.29 is 52.3 Å². The average molecular weight is 1160 g/mol. The molecule has 0 N–H and O–H groups in total. The topological polar surface area (TPSA) is 114 Å². The van der Waals surface area contributed by atoms with Crippen LogP contribution in [0, 0.1) is 0 Å². The Bertz CT molecular complexity index is 3090. The first-order valence-corrected chi connectivity index (χ1v) is 32.5. The van der Waals surface area contributed by atoms with E-state index in [9.17, 15) is 26.3 Å². The molecule has 0 saturated carbocycles. The van der Waals surface area contributed by atoms with Crippen LogP contribution in [-0.4, -0.2) is 64.8 Å². The molecule has 2 aliphatic carbocycles. The normalized spacial score (nSPS) is 13.9. The molecule has 8 aromatic carbocycles. The van der Waals surface area contributed by atoms with Crippen molar-refractivity contribution in [3.8, 4) is 0 Å². The molecule has 2 aliphatic rings. The van der Waals surface area contributed by atoms with Crippen LogP contribution in [0.4, 0.5) is 26.3 Å². The maximum absolute atomic E-state index is 10.7. The van der Waals surface area contributed by atoms with Gasteiger partial charge in [-0.2, -0.15) is 26.3 Å². The molecule has 0 radical (unpaired) electrons. The second-order valence-electron chi connectivity index (χ2n) is 15.7. The van der Waals surface area contributed by atoms with Crippen molar-refractivity contribution in [3.05, 3.63) is 192 Å². The van der Waals surface area contributed by atoms with Gasteiger partial charge in [-0.1, -0.05) is 0 Å². The molecule has 0 aliphatic heterocycles. The van der Waals surface area contributed by atoms with E-state index in [0.717, 1.165) is 0 Å². The van der Waals surface area contributed by atoms with Crippen molar-refractivity contribution in [3.63, 3.8) is 0 Å². The standard InChI is InChI=1S/2C25H21SSe.2CHF3O3S/c2*1-27(21-10-6-3-7-11-21)23-17-15-19-13-12-18-14-16-22(25(23)24(18)19)26-20-8-4-2-5-9-20;2*2-1(3,4)8(5,6)7/h2*2-11,14-17H,12-13H2,1H3;2*(H,5,6,7)/q2*+1;;/p-2. The largest absolute Gasteiger partial charge is 0.741 e. The number of halogens is 6. The van der Waals surface area contributed by atoms with Crippen molar-refractivity contribution in [2.24, 2.45) is 0 Å². The maximum Gasteiger partial charge on any atom is 0.485 e. The van der Waals surface area contributed by atoms with Gasteiger partial charge < -0.3 is 9.11 Å². The van der Waals surface area contributed by atoms with Gasteiger partial charge in [0.2, 0.25) is 0 Å². The smallest absolute Gasteiger partial charge is 0.485 e. The molecular weight excluding hydrogens is 1120 g/mol. The fourth-order valence-corrected chi connectivity index (χ4v) is 17.0. The van der Waals surface area contributed by atoms with E-state index < -0.39 is 59.1 Å². The molecule has 70 heavy (non-hydrogen) atoms. The minimum Gasteiger partial charge on any atom is -0.741 e. The third-order valence-corrected chi connectivity index (χ3v) is 22.8. The molecule has 2 atom stereocenters. The Hall–Kier alpha value is -4.58. The summed E-state index contributed by atoms with van der Waals surface area (Å²) in [6.07, 6.45) is 4.74. The predicted octanol–water partition coefficient (Wildman–Crippen LogP) is 10.8. The minimum absolute atomic E-state index is 1.07. The summed E-state index contributed by atoms with van der Waals surface area (Å²) in [7, 11) is -12.2. The zero-order valence-corrected chi connectivity index (χ0v) is 43.9. The molecule has 364 valence electrons. The van der Waals surface area contributed by atoms with E-state index in [1.165, 1.54) is 87.2 Å². The van der Waals surface area contributed by atoms with Gasteiger partial charge in [0.25, 0.3) is 0 Å². The third-order valence-electron chi connectivity index (χ3n) is 11.2. The average Bonchev–Trinajstić information content (AvgIpc) is 3.96. The number of benzene rings is 8. The molecule has 0 spiro atoms. The van der Waals surface area contributed by atoms with Crippen LogP contribution in [0.3, 0.4) is 0 Å². The van der Waals surface area contributed by atoms with E-state index in [1.807, 2.05) is 23.5 Å². The van der Waals surface area contributed by atoms with Gasteiger partial charge in [-0.05, 0) is 0 Å². The van der Waals surface area contributed by atoms with Gasteiger partial charge in [-0.3, -0.25) is 0 Å². The molecule has 0 aromatic heterocycles. The number of rotatable bonds is 8. The Balaban J connectivity index is 0.000000158. The number of aryl methyl sites for hydroxylation is 4. The summed E-state index contributed by atoms with van der Waals surface area (Å²) in [6, 6.07) is 62.8. The molecule has 18 heteroatoms. The van der Waals surface area contributed by atoms with Gasteiger partial charge in [0, 0.05) is 0 Å². The quantitative estimate of drug-likeness (QED) is 0.0640. The van der Waals surface area contributed by atoms with Crippen LogP contribution in [0.2, 0.25) is 11.6 Å². The van der Waals surface area contributed by atoms with E-state index in [0.29, 0.717) is 0 Å². The molecule has 0 saturated heterocycles. The van der Waals surface area contributed by atoms with Gasteiger partial charge in [0.1, 0.15) is 0 Å². The molecule has 0 amide bonds. The minimum atomic E-state index is -6.09. The van der Waals surface area contributed by atoms with E-state index >= 15 is 0 Å². The van der Waals surface area contributed by atoms with Gasteiger partial charge in [-0.15, -0.1) is 0 Å². The fraction of sp³-hybridized carbons (Fsp3) is 0.154. The zero-order chi connectivity index (χ0) is 50.4. The number of hydrogen-bond acceptors (Lipinski definition) is 8. The van der Waals surface area contributed by atoms with Crippen LogP contribution in [-0.2, 0) is 45.9 Å². The van der Waals surface area contributed by atoms with Crippen LogP contribution >= 0.6 is 23.5 Å². The molecule has 0 fully saturated rings. The van der Waals surface area contributed by atoms with Crippen molar-refractivity contribution in [1.29, 1.82) is 0 Å². The van der Waals surface area contributed by atoms with E-state index in [-0.39, 0.29) is 0 Å². The van der Waals surface area contributed by atoms with Crippen LogP contribution in [0.5, 0.6) is 0 Å². The summed E-state index contributed by atoms with van der Waals surface area (Å²) in [5.41, 5.74) is -5.16. The van der Waals surface area contributed by atoms with Crippen LogP contribution < -0.4 is 17.8 Å². The molecule has 0 heterocycles. The Morgan fingerprint density at radius 3 is 0.929 bits per heavy atom. The maximum atomic E-state index is 10.7. The van der Waals surface area contributed by atoms with E-state index in [4.69, 9.17) is 25.9 Å². The van der Waals surface area contributed by atoms with Crippen molar-refractivity contribution in [2.45, 2.75) is 67.9 Å². The van der Waals surface area contributed by atoms with Gasteiger partial charge in [0.15, 0.2) is 20.2 Å². The summed E-state index contributed by atoms with van der Waals surface area (Å²) in [5.74, 6) is 4.93. The first kappa shape index (κ1) is 53.2. The van der Waals surface area contributed by atoms with Crippen molar-refractivity contribution >= 4 is 111 Å². The van der Waals surface area contributed by atoms with Crippen molar-refractivity contribution in [2.75, 3.05) is 0 Å². The number of alkyl halides is 6. The Kier molecular flexibility index (Phi) is 17.1. The molecule has 10 rings (SSSR count). The van der Waals surface area contributed by atoms with E-state index in [2.05, 4.69) is 182 Å². The molecule has 2 unspecified atom stereocenters. The predicted molar refractivity (Wildman–Crippen MR) is 270 cm³/mol. The van der Waals surface area contributed by atoms with Crippen LogP contribution in [0.25, 0.3) is 21.5 Å². The van der Waals surface area contributed by atoms with Gasteiger partial charge in [0.05, 0.1) is 0 Å². The van der Waals surface area contributed by atoms with Crippen LogP contribution in [0.15, 0.2) is 189 Å². The monoisotopic (exact) mass is 1160 g/mol. The van der Waals surface area contributed by atoms with Crippen molar-refractivity contribution in [1.82, 2.24) is 0 Å². The molecular formula is C52H42F6O6S4Se2. The summed E-state index contributed by atoms with van der Waals surface area (Å²) < 4.78 is 124. The molecule has 6 nitrogen and oxygen atoms in total. The molecule has 0 bridgehead atoms. The fourth-order valence-electron chi connectivity index (χ4n) is 7.95. The first-order valence-electron chi connectivity index (χ1n) is 21.2. The first-order chi connectivity index (χ1) is 33.1. The Morgan fingerprint density at radius 2 is 0.657 bits per heavy atom. The SMILES string of the molecule is C[Se+](c1ccccc1)c1ccc2c3c(ccc(Sc4ccccc4)c13)CC2.C[Se+](c1ccccc1)c1ccc2c3c(ccc(Sc4ccccc4)c13)CC2.O=S(=O)([O-])C(F)(F)F.O=S(=O)([O-])C(F)(F)F. The summed E-state index contributed by atoms with van der Waals surface area (Å²) in [6.45, 7) is 0. The second-order valence-corrected chi connectivity index (χ2v) is 28.7. The van der Waals surface area contributed by atoms with Gasteiger partial charge in [-0.25, -0.2) is 16.8 Å². The zero-order valence-electron chi connectivity index (χ0n) is 37.2. The Labute approximate surface area is 420 Å². The van der Waals surface area contributed by atoms with Crippen LogP contribution in [0.1, 0.15) is 22.3 Å². The number of hydrogen-bond donors (Lipinski definition) is 0. The molecule has 8 aromatic rings. The Morgan fingerprint density at radius 1 is 0.400 bits per heavy atom. The summed E-state index contributed by atoms with van der Waals surface area (Å²) >= 11 is 1.68. The summed E-state index contributed by atoms with van der Waals surface area (Å²) in [5, 5.41) is 6.13. The van der Waals surface area contributed by atoms with Gasteiger partial charge >= 0.3 is 351 Å². The summed E-state index contributed by atoms with van der Waals surface area (Å²) in [4.78, 5) is 5.44.